The van der Waals surface area contributed by atoms with Crippen LogP contribution in [0.25, 0.3) is 0 Å². The van der Waals surface area contributed by atoms with Gasteiger partial charge < -0.3 is 20.1 Å². The molecule has 1 aromatic carbocycles. The van der Waals surface area contributed by atoms with Crippen molar-refractivity contribution in [3.8, 4) is 5.88 Å². The van der Waals surface area contributed by atoms with Crippen LogP contribution in [0.15, 0.2) is 42.6 Å². The van der Waals surface area contributed by atoms with Crippen LogP contribution in [0.5, 0.6) is 5.88 Å². The first-order chi connectivity index (χ1) is 16.9. The second kappa shape index (κ2) is 10.7. The number of nitrogens with zero attached hydrogens (tertiary/aromatic N) is 2. The van der Waals surface area contributed by atoms with E-state index in [0.717, 1.165) is 23.3 Å². The lowest BCUT2D eigenvalue weighted by atomic mass is 10.0. The number of hydrogen-bond donors (Lipinski definition) is 2. The molecule has 0 saturated heterocycles. The van der Waals surface area contributed by atoms with Crippen molar-refractivity contribution in [1.82, 2.24) is 9.88 Å². The number of amides is 2. The minimum atomic E-state index is -1.10. The Morgan fingerprint density at radius 1 is 1.17 bits per heavy atom. The Morgan fingerprint density at radius 2 is 1.94 bits per heavy atom. The number of fused-ring (bicyclic) bond motifs is 1. The highest BCUT2D eigenvalue weighted by atomic mass is 32.1. The number of nitrogens with one attached hydrogen (secondary N) is 1. The fourth-order valence-electron chi connectivity index (χ4n) is 4.15. The van der Waals surface area contributed by atoms with E-state index in [1.807, 2.05) is 19.1 Å². The topological polar surface area (TPSA) is 109 Å². The highest BCUT2D eigenvalue weighted by Crippen LogP contribution is 2.38. The van der Waals surface area contributed by atoms with Gasteiger partial charge in [-0.3, -0.25) is 9.59 Å². The smallest absolute Gasteiger partial charge is 0.339 e. The molecule has 0 spiro atoms. The molecule has 2 N–H and O–H groups in total. The number of carboxylic acids is 1. The van der Waals surface area contributed by atoms with Gasteiger partial charge in [0, 0.05) is 23.2 Å². The van der Waals surface area contributed by atoms with E-state index in [2.05, 4.69) is 17.2 Å². The predicted octanol–water partition coefficient (Wildman–Crippen LogP) is 4.64. The van der Waals surface area contributed by atoms with Crippen LogP contribution in [-0.4, -0.2) is 45.9 Å². The molecule has 0 fully saturated rings. The number of ether oxygens (including phenoxy) is 1. The maximum Gasteiger partial charge on any atom is 0.339 e. The molecule has 0 bridgehead atoms. The van der Waals surface area contributed by atoms with Crippen LogP contribution >= 0.6 is 11.3 Å². The number of pyridine rings is 1. The zero-order chi connectivity index (χ0) is 24.9. The molecule has 2 aromatic heterocycles. The number of anilines is 1. The van der Waals surface area contributed by atoms with Gasteiger partial charge in [-0.15, -0.1) is 11.3 Å². The lowest BCUT2D eigenvalue weighted by Crippen LogP contribution is -2.36. The molecule has 3 heterocycles. The summed E-state index contributed by atoms with van der Waals surface area (Å²) in [5.41, 5.74) is 2.74. The number of aromatic carboxylic acids is 1. The fourth-order valence-corrected chi connectivity index (χ4v) is 5.40. The molecule has 0 atom stereocenters. The molecule has 35 heavy (non-hydrogen) atoms. The summed E-state index contributed by atoms with van der Waals surface area (Å²) in [4.78, 5) is 44.7. The van der Waals surface area contributed by atoms with E-state index in [1.54, 1.807) is 35.4 Å². The zero-order valence-corrected chi connectivity index (χ0v) is 20.5. The van der Waals surface area contributed by atoms with Crippen molar-refractivity contribution in [3.05, 3.63) is 75.3 Å². The Morgan fingerprint density at radius 3 is 2.63 bits per heavy atom. The van der Waals surface area contributed by atoms with Crippen molar-refractivity contribution < 1.29 is 24.2 Å². The summed E-state index contributed by atoms with van der Waals surface area (Å²) in [5, 5.41) is 13.0. The van der Waals surface area contributed by atoms with Crippen LogP contribution in [0.1, 0.15) is 67.3 Å². The summed E-state index contributed by atoms with van der Waals surface area (Å²) in [7, 11) is 0. The molecule has 0 radical (unpaired) electrons. The highest BCUT2D eigenvalue weighted by molar-refractivity contribution is 7.17. The number of thiophene rings is 1. The quantitative estimate of drug-likeness (QED) is 0.473. The van der Waals surface area contributed by atoms with Crippen LogP contribution in [0.2, 0.25) is 0 Å². The minimum Gasteiger partial charge on any atom is -0.478 e. The van der Waals surface area contributed by atoms with Crippen molar-refractivity contribution in [1.29, 1.82) is 0 Å². The van der Waals surface area contributed by atoms with Gasteiger partial charge in [-0.05, 0) is 55.2 Å². The highest BCUT2D eigenvalue weighted by Gasteiger charge is 2.31. The van der Waals surface area contributed by atoms with Crippen LogP contribution in [0.3, 0.4) is 0 Å². The van der Waals surface area contributed by atoms with E-state index in [1.165, 1.54) is 11.3 Å². The molecular weight excluding hydrogens is 466 g/mol. The second-order valence-electron chi connectivity index (χ2n) is 8.18. The van der Waals surface area contributed by atoms with Crippen molar-refractivity contribution in [2.24, 2.45) is 0 Å². The molecule has 8 nitrogen and oxygen atoms in total. The SMILES string of the molecule is CCCc1ccc(C(=O)Nc2sc3c(c2C(=O)O)CCN(C(=O)c2cccnc2OCC)C3)cc1. The molecule has 3 aromatic rings. The van der Waals surface area contributed by atoms with Crippen molar-refractivity contribution in [2.45, 2.75) is 39.7 Å². The van der Waals surface area contributed by atoms with Gasteiger partial charge in [0.1, 0.15) is 10.6 Å². The van der Waals surface area contributed by atoms with E-state index < -0.39 is 5.97 Å². The number of carbonyl (C=O) groups is 3. The maximum absolute atomic E-state index is 13.2. The van der Waals surface area contributed by atoms with Crippen molar-refractivity contribution in [2.75, 3.05) is 18.5 Å². The number of carboxylic acid groups (broad SMARTS) is 1. The number of carbonyl (C=O) groups excluding carboxylic acids is 2. The van der Waals surface area contributed by atoms with Crippen LogP contribution in [-0.2, 0) is 19.4 Å². The normalized spacial score (nSPS) is 12.7. The third-order valence-corrected chi connectivity index (χ3v) is 6.95. The Kier molecular flexibility index (Phi) is 7.45. The molecule has 4 rings (SSSR count). The number of rotatable bonds is 8. The lowest BCUT2D eigenvalue weighted by molar-refractivity contribution is 0.0696. The molecule has 0 aliphatic carbocycles. The third kappa shape index (κ3) is 5.19. The van der Waals surface area contributed by atoms with Gasteiger partial charge in [-0.2, -0.15) is 0 Å². The molecule has 0 saturated carbocycles. The number of benzene rings is 1. The van der Waals surface area contributed by atoms with Crippen molar-refractivity contribution >= 4 is 34.1 Å². The summed E-state index contributed by atoms with van der Waals surface area (Å²) >= 11 is 1.20. The third-order valence-electron chi connectivity index (χ3n) is 5.82. The van der Waals surface area contributed by atoms with Gasteiger partial charge in [0.25, 0.3) is 11.8 Å². The van der Waals surface area contributed by atoms with Crippen molar-refractivity contribution in [3.63, 3.8) is 0 Å². The predicted molar refractivity (Wildman–Crippen MR) is 134 cm³/mol. The first-order valence-corrected chi connectivity index (χ1v) is 12.4. The van der Waals surface area contributed by atoms with Crippen LogP contribution in [0, 0.1) is 0 Å². The van der Waals surface area contributed by atoms with E-state index >= 15 is 0 Å². The van der Waals surface area contributed by atoms with Crippen LogP contribution < -0.4 is 10.1 Å². The van der Waals surface area contributed by atoms with E-state index in [4.69, 9.17) is 4.74 Å². The summed E-state index contributed by atoms with van der Waals surface area (Å²) in [5.74, 6) is -1.41. The molecule has 1 aliphatic heterocycles. The standard InChI is InChI=1S/C26H27N3O5S/c1-3-6-16-8-10-17(11-9-16)22(30)28-24-21(26(32)33)18-12-14-29(15-20(18)35-24)25(31)19-7-5-13-27-23(19)34-4-2/h5,7-11,13H,3-4,6,12,14-15H2,1-2H3,(H,28,30)(H,32,33). The van der Waals surface area contributed by atoms with Gasteiger partial charge in [-0.25, -0.2) is 9.78 Å². The monoisotopic (exact) mass is 493 g/mol. The minimum absolute atomic E-state index is 0.101. The molecule has 9 heteroatoms. The molecule has 2 amide bonds. The average Bonchev–Trinajstić information content (AvgIpc) is 3.22. The number of aromatic nitrogens is 1. The first-order valence-electron chi connectivity index (χ1n) is 11.6. The van der Waals surface area contributed by atoms with E-state index in [0.29, 0.717) is 36.3 Å². The summed E-state index contributed by atoms with van der Waals surface area (Å²) in [6.45, 7) is 4.91. The Labute approximate surface area is 207 Å². The fraction of sp³-hybridized carbons (Fsp3) is 0.308. The average molecular weight is 494 g/mol. The zero-order valence-electron chi connectivity index (χ0n) is 19.7. The lowest BCUT2D eigenvalue weighted by Gasteiger charge is -2.27. The van der Waals surface area contributed by atoms with Gasteiger partial charge >= 0.3 is 5.97 Å². The largest absolute Gasteiger partial charge is 0.478 e. The molecule has 182 valence electrons. The van der Waals surface area contributed by atoms with Gasteiger partial charge in [0.15, 0.2) is 0 Å². The first kappa shape index (κ1) is 24.4. The summed E-state index contributed by atoms with van der Waals surface area (Å²) in [6, 6.07) is 10.7. The van der Waals surface area contributed by atoms with Gasteiger partial charge in [0.05, 0.1) is 18.7 Å². The number of hydrogen-bond acceptors (Lipinski definition) is 6. The molecule has 1 aliphatic rings. The second-order valence-corrected chi connectivity index (χ2v) is 9.29. The Bertz CT molecular complexity index is 1250. The van der Waals surface area contributed by atoms with Gasteiger partial charge in [0.2, 0.25) is 5.88 Å². The Hall–Kier alpha value is -3.72. The summed E-state index contributed by atoms with van der Waals surface area (Å²) < 4.78 is 5.50. The Balaban J connectivity index is 1.56. The van der Waals surface area contributed by atoms with E-state index in [9.17, 15) is 19.5 Å². The summed E-state index contributed by atoms with van der Waals surface area (Å²) in [6.07, 6.45) is 3.90. The van der Waals surface area contributed by atoms with Crippen LogP contribution in [0.4, 0.5) is 5.00 Å². The van der Waals surface area contributed by atoms with E-state index in [-0.39, 0.29) is 34.8 Å². The van der Waals surface area contributed by atoms with Gasteiger partial charge in [-0.1, -0.05) is 25.5 Å². The molecular formula is C26H27N3O5S. The molecule has 0 unspecified atom stereocenters. The maximum atomic E-state index is 13.2. The number of aryl methyl sites for hydroxylation is 1.